The summed E-state index contributed by atoms with van der Waals surface area (Å²) < 4.78 is 5.60. The smallest absolute Gasteiger partial charge is 0.265 e. The third kappa shape index (κ3) is 3.85. The maximum absolute atomic E-state index is 12.1. The van der Waals surface area contributed by atoms with Gasteiger partial charge in [-0.3, -0.25) is 4.79 Å². The first-order chi connectivity index (χ1) is 9.54. The fourth-order valence-electron chi connectivity index (χ4n) is 2.05. The van der Waals surface area contributed by atoms with Crippen LogP contribution in [-0.4, -0.2) is 12.0 Å². The highest BCUT2D eigenvalue weighted by Crippen LogP contribution is 2.15. The van der Waals surface area contributed by atoms with E-state index in [0.717, 1.165) is 16.8 Å². The summed E-state index contributed by atoms with van der Waals surface area (Å²) in [5, 5.41) is 2.88. The second kappa shape index (κ2) is 6.24. The van der Waals surface area contributed by atoms with E-state index in [1.807, 2.05) is 56.3 Å². The Bertz CT molecular complexity index is 573. The number of amides is 1. The van der Waals surface area contributed by atoms with Crippen molar-refractivity contribution in [3.63, 3.8) is 0 Å². The van der Waals surface area contributed by atoms with Crippen molar-refractivity contribution in [2.45, 2.75) is 26.9 Å². The summed E-state index contributed by atoms with van der Waals surface area (Å²) in [7, 11) is 0. The minimum Gasteiger partial charge on any atom is -0.481 e. The molecule has 2 aromatic rings. The van der Waals surface area contributed by atoms with Gasteiger partial charge in [-0.15, -0.1) is 0 Å². The SMILES string of the molecule is Cc1cc(C)cc(NC(=O)C(C)Oc2ccccc2)c1. The lowest BCUT2D eigenvalue weighted by molar-refractivity contribution is -0.122. The maximum atomic E-state index is 12.1. The lowest BCUT2D eigenvalue weighted by atomic mass is 10.1. The highest BCUT2D eigenvalue weighted by Gasteiger charge is 2.14. The van der Waals surface area contributed by atoms with Gasteiger partial charge in [0.25, 0.3) is 5.91 Å². The molecule has 20 heavy (non-hydrogen) atoms. The number of benzene rings is 2. The lowest BCUT2D eigenvalue weighted by Gasteiger charge is -2.15. The molecule has 0 saturated carbocycles. The second-order valence-electron chi connectivity index (χ2n) is 4.94. The molecule has 0 heterocycles. The molecule has 3 heteroatoms. The average Bonchev–Trinajstić information content (AvgIpc) is 2.38. The second-order valence-corrected chi connectivity index (χ2v) is 4.94. The van der Waals surface area contributed by atoms with E-state index >= 15 is 0 Å². The zero-order chi connectivity index (χ0) is 14.5. The Hall–Kier alpha value is -2.29. The quantitative estimate of drug-likeness (QED) is 0.919. The fraction of sp³-hybridized carbons (Fsp3) is 0.235. The van der Waals surface area contributed by atoms with Crippen molar-refractivity contribution in [2.75, 3.05) is 5.32 Å². The molecule has 0 aliphatic carbocycles. The van der Waals surface area contributed by atoms with Crippen LogP contribution in [0.4, 0.5) is 5.69 Å². The Balaban J connectivity index is 2.00. The first-order valence-electron chi connectivity index (χ1n) is 6.65. The highest BCUT2D eigenvalue weighted by atomic mass is 16.5. The molecule has 0 bridgehead atoms. The van der Waals surface area contributed by atoms with Crippen LogP contribution < -0.4 is 10.1 Å². The molecule has 1 N–H and O–H groups in total. The molecule has 104 valence electrons. The van der Waals surface area contributed by atoms with Crippen molar-refractivity contribution in [3.05, 3.63) is 59.7 Å². The largest absolute Gasteiger partial charge is 0.481 e. The molecule has 2 rings (SSSR count). The fourth-order valence-corrected chi connectivity index (χ4v) is 2.05. The predicted octanol–water partition coefficient (Wildman–Crippen LogP) is 3.71. The summed E-state index contributed by atoms with van der Waals surface area (Å²) in [5.41, 5.74) is 3.05. The van der Waals surface area contributed by atoms with E-state index in [1.54, 1.807) is 6.92 Å². The molecule has 0 aromatic heterocycles. The number of ether oxygens (including phenoxy) is 1. The normalized spacial score (nSPS) is 11.8. The molecular weight excluding hydrogens is 250 g/mol. The molecule has 0 aliphatic rings. The van der Waals surface area contributed by atoms with E-state index in [0.29, 0.717) is 5.75 Å². The van der Waals surface area contributed by atoms with Crippen LogP contribution in [0.1, 0.15) is 18.1 Å². The van der Waals surface area contributed by atoms with Crippen LogP contribution in [-0.2, 0) is 4.79 Å². The average molecular weight is 269 g/mol. The molecule has 3 nitrogen and oxygen atoms in total. The minimum atomic E-state index is -0.543. The van der Waals surface area contributed by atoms with E-state index in [-0.39, 0.29) is 5.91 Å². The predicted molar refractivity (Wildman–Crippen MR) is 81.1 cm³/mol. The van der Waals surface area contributed by atoms with Gasteiger partial charge in [0.05, 0.1) is 0 Å². The summed E-state index contributed by atoms with van der Waals surface area (Å²) in [6.07, 6.45) is -0.543. The van der Waals surface area contributed by atoms with Gasteiger partial charge in [-0.25, -0.2) is 0 Å². The van der Waals surface area contributed by atoms with E-state index in [4.69, 9.17) is 4.74 Å². The van der Waals surface area contributed by atoms with Gasteiger partial charge in [0.1, 0.15) is 5.75 Å². The molecule has 2 aromatic carbocycles. The zero-order valence-electron chi connectivity index (χ0n) is 12.0. The first-order valence-corrected chi connectivity index (χ1v) is 6.65. The standard InChI is InChI=1S/C17H19NO2/c1-12-9-13(2)11-15(10-12)18-17(19)14(3)20-16-7-5-4-6-8-16/h4-11,14H,1-3H3,(H,18,19). The Kier molecular flexibility index (Phi) is 4.41. The summed E-state index contributed by atoms with van der Waals surface area (Å²) in [5.74, 6) is 0.537. The molecule has 1 atom stereocenters. The van der Waals surface area contributed by atoms with Gasteiger partial charge >= 0.3 is 0 Å². The minimum absolute atomic E-state index is 0.154. The van der Waals surface area contributed by atoms with Crippen LogP contribution in [0.15, 0.2) is 48.5 Å². The van der Waals surface area contributed by atoms with Crippen molar-refractivity contribution in [2.24, 2.45) is 0 Å². The zero-order valence-corrected chi connectivity index (χ0v) is 12.0. The molecule has 0 aliphatic heterocycles. The van der Waals surface area contributed by atoms with Crippen LogP contribution in [0.5, 0.6) is 5.75 Å². The highest BCUT2D eigenvalue weighted by molar-refractivity contribution is 5.94. The topological polar surface area (TPSA) is 38.3 Å². The van der Waals surface area contributed by atoms with E-state index < -0.39 is 6.10 Å². The van der Waals surface area contributed by atoms with Crippen molar-refractivity contribution < 1.29 is 9.53 Å². The Labute approximate surface area is 119 Å². The molecule has 0 saturated heterocycles. The van der Waals surface area contributed by atoms with E-state index in [1.165, 1.54) is 0 Å². The van der Waals surface area contributed by atoms with Crippen molar-refractivity contribution >= 4 is 11.6 Å². The third-order valence-electron chi connectivity index (χ3n) is 2.91. The Morgan fingerprint density at radius 2 is 1.65 bits per heavy atom. The van der Waals surface area contributed by atoms with Crippen molar-refractivity contribution in [1.82, 2.24) is 0 Å². The third-order valence-corrected chi connectivity index (χ3v) is 2.91. The van der Waals surface area contributed by atoms with Crippen LogP contribution in [0.2, 0.25) is 0 Å². The number of carbonyl (C=O) groups is 1. The van der Waals surface area contributed by atoms with Gasteiger partial charge in [-0.05, 0) is 56.2 Å². The van der Waals surface area contributed by atoms with Crippen molar-refractivity contribution in [3.8, 4) is 5.75 Å². The van der Waals surface area contributed by atoms with Gasteiger partial charge in [0.15, 0.2) is 6.10 Å². The summed E-state index contributed by atoms with van der Waals surface area (Å²) in [6.45, 7) is 5.75. The first kappa shape index (κ1) is 14.1. The maximum Gasteiger partial charge on any atom is 0.265 e. The Morgan fingerprint density at radius 1 is 1.05 bits per heavy atom. The van der Waals surface area contributed by atoms with Gasteiger partial charge in [0, 0.05) is 5.69 Å². The summed E-state index contributed by atoms with van der Waals surface area (Å²) in [6, 6.07) is 15.3. The summed E-state index contributed by atoms with van der Waals surface area (Å²) in [4.78, 5) is 12.1. The molecule has 0 radical (unpaired) electrons. The number of nitrogens with one attached hydrogen (secondary N) is 1. The Morgan fingerprint density at radius 3 is 2.25 bits per heavy atom. The number of aryl methyl sites for hydroxylation is 2. The number of carbonyl (C=O) groups excluding carboxylic acids is 1. The monoisotopic (exact) mass is 269 g/mol. The number of anilines is 1. The molecule has 0 fully saturated rings. The van der Waals surface area contributed by atoms with E-state index in [9.17, 15) is 4.79 Å². The summed E-state index contributed by atoms with van der Waals surface area (Å²) >= 11 is 0. The van der Waals surface area contributed by atoms with Crippen LogP contribution in [0.3, 0.4) is 0 Å². The van der Waals surface area contributed by atoms with Crippen molar-refractivity contribution in [1.29, 1.82) is 0 Å². The number of rotatable bonds is 4. The molecule has 1 amide bonds. The molecular formula is C17H19NO2. The van der Waals surface area contributed by atoms with Crippen LogP contribution in [0, 0.1) is 13.8 Å². The number of para-hydroxylation sites is 1. The molecule has 0 spiro atoms. The van der Waals surface area contributed by atoms with Crippen LogP contribution >= 0.6 is 0 Å². The van der Waals surface area contributed by atoms with Gasteiger partial charge < -0.3 is 10.1 Å². The lowest BCUT2D eigenvalue weighted by Crippen LogP contribution is -2.30. The van der Waals surface area contributed by atoms with E-state index in [2.05, 4.69) is 11.4 Å². The number of hydrogen-bond acceptors (Lipinski definition) is 2. The van der Waals surface area contributed by atoms with Gasteiger partial charge in [0.2, 0.25) is 0 Å². The van der Waals surface area contributed by atoms with Gasteiger partial charge in [-0.2, -0.15) is 0 Å². The van der Waals surface area contributed by atoms with Gasteiger partial charge in [-0.1, -0.05) is 24.3 Å². The number of hydrogen-bond donors (Lipinski definition) is 1. The van der Waals surface area contributed by atoms with Crippen LogP contribution in [0.25, 0.3) is 0 Å². The molecule has 1 unspecified atom stereocenters.